The smallest absolute Gasteiger partial charge is 0.255 e. The van der Waals surface area contributed by atoms with Gasteiger partial charge in [-0.05, 0) is 43.5 Å². The number of nitrogens with zero attached hydrogens (tertiary/aromatic N) is 2. The van der Waals surface area contributed by atoms with Crippen molar-refractivity contribution in [2.24, 2.45) is 5.92 Å². The molecule has 0 bridgehead atoms. The standard InChI is InChI=1S/C21H26N2O3S/c1-16(2)20-22(21(24)18-8-5-4-6-9-18)14-7-15-23(20)27(25,26)19-12-10-17(3)11-13-19/h4-6,8-13,16,20H,7,14-15H2,1-3H3. The maximum absolute atomic E-state index is 13.3. The van der Waals surface area contributed by atoms with E-state index in [2.05, 4.69) is 0 Å². The fourth-order valence-electron chi connectivity index (χ4n) is 3.59. The molecule has 1 amide bonds. The molecule has 0 aromatic heterocycles. The molecular formula is C21H26N2O3S. The molecule has 2 aromatic rings. The summed E-state index contributed by atoms with van der Waals surface area (Å²) < 4.78 is 28.1. The molecule has 0 radical (unpaired) electrons. The third-order valence-electron chi connectivity index (χ3n) is 4.90. The molecule has 1 fully saturated rings. The molecule has 2 aromatic carbocycles. The zero-order chi connectivity index (χ0) is 19.6. The van der Waals surface area contributed by atoms with Gasteiger partial charge in [0.2, 0.25) is 10.0 Å². The zero-order valence-electron chi connectivity index (χ0n) is 16.0. The van der Waals surface area contributed by atoms with Crippen molar-refractivity contribution in [2.75, 3.05) is 13.1 Å². The Morgan fingerprint density at radius 2 is 1.63 bits per heavy atom. The number of aryl methyl sites for hydroxylation is 1. The molecule has 5 nitrogen and oxygen atoms in total. The maximum atomic E-state index is 13.3. The van der Waals surface area contributed by atoms with Gasteiger partial charge in [0.25, 0.3) is 5.91 Å². The molecule has 1 aliphatic rings. The molecule has 0 spiro atoms. The van der Waals surface area contributed by atoms with Crippen molar-refractivity contribution in [1.82, 2.24) is 9.21 Å². The molecule has 0 N–H and O–H groups in total. The molecule has 1 aliphatic heterocycles. The Morgan fingerprint density at radius 3 is 2.22 bits per heavy atom. The van der Waals surface area contributed by atoms with E-state index in [4.69, 9.17) is 0 Å². The summed E-state index contributed by atoms with van der Waals surface area (Å²) in [4.78, 5) is 15.0. The second-order valence-electron chi connectivity index (χ2n) is 7.30. The molecule has 1 atom stereocenters. The van der Waals surface area contributed by atoms with E-state index in [9.17, 15) is 13.2 Å². The number of carbonyl (C=O) groups is 1. The van der Waals surface area contributed by atoms with Crippen LogP contribution in [0.15, 0.2) is 59.5 Å². The number of rotatable bonds is 4. The van der Waals surface area contributed by atoms with Gasteiger partial charge in [-0.15, -0.1) is 0 Å². The minimum Gasteiger partial charge on any atom is -0.322 e. The van der Waals surface area contributed by atoms with Crippen molar-refractivity contribution in [1.29, 1.82) is 0 Å². The third-order valence-corrected chi connectivity index (χ3v) is 6.78. The quantitative estimate of drug-likeness (QED) is 0.808. The van der Waals surface area contributed by atoms with Gasteiger partial charge in [0.1, 0.15) is 6.17 Å². The fraction of sp³-hybridized carbons (Fsp3) is 0.381. The maximum Gasteiger partial charge on any atom is 0.255 e. The highest BCUT2D eigenvalue weighted by atomic mass is 32.2. The summed E-state index contributed by atoms with van der Waals surface area (Å²) in [6.07, 6.45) is 0.116. The first-order chi connectivity index (χ1) is 12.8. The lowest BCUT2D eigenvalue weighted by molar-refractivity contribution is 0.0227. The van der Waals surface area contributed by atoms with Crippen LogP contribution in [0, 0.1) is 12.8 Å². The lowest BCUT2D eigenvalue weighted by Gasteiger charge is -2.45. The molecule has 6 heteroatoms. The van der Waals surface area contributed by atoms with Crippen LogP contribution >= 0.6 is 0 Å². The summed E-state index contributed by atoms with van der Waals surface area (Å²) >= 11 is 0. The second kappa shape index (κ2) is 7.82. The van der Waals surface area contributed by atoms with Crippen molar-refractivity contribution in [3.8, 4) is 0 Å². The molecule has 0 saturated carbocycles. The van der Waals surface area contributed by atoms with Crippen molar-refractivity contribution in [3.63, 3.8) is 0 Å². The van der Waals surface area contributed by atoms with Crippen LogP contribution in [0.2, 0.25) is 0 Å². The van der Waals surface area contributed by atoms with Crippen molar-refractivity contribution >= 4 is 15.9 Å². The van der Waals surface area contributed by atoms with Crippen LogP contribution in [0.4, 0.5) is 0 Å². The second-order valence-corrected chi connectivity index (χ2v) is 9.20. The Bertz CT molecular complexity index is 893. The Morgan fingerprint density at radius 1 is 1.00 bits per heavy atom. The summed E-state index contributed by atoms with van der Waals surface area (Å²) in [5.41, 5.74) is 1.59. The van der Waals surface area contributed by atoms with Crippen LogP contribution in [0.1, 0.15) is 36.2 Å². The highest BCUT2D eigenvalue weighted by molar-refractivity contribution is 7.89. The Labute approximate surface area is 161 Å². The first-order valence-corrected chi connectivity index (χ1v) is 10.7. The molecule has 3 rings (SSSR count). The number of benzene rings is 2. The monoisotopic (exact) mass is 386 g/mol. The van der Waals surface area contributed by atoms with Gasteiger partial charge in [-0.25, -0.2) is 8.42 Å². The molecule has 1 saturated heterocycles. The summed E-state index contributed by atoms with van der Waals surface area (Å²) in [6.45, 7) is 6.81. The van der Waals surface area contributed by atoms with E-state index in [1.807, 2.05) is 39.0 Å². The van der Waals surface area contributed by atoms with Crippen molar-refractivity contribution in [2.45, 2.75) is 38.3 Å². The molecular weight excluding hydrogens is 360 g/mol. The first kappa shape index (κ1) is 19.6. The number of hydrogen-bond donors (Lipinski definition) is 0. The van der Waals surface area contributed by atoms with Crippen LogP contribution in [-0.2, 0) is 10.0 Å². The molecule has 144 valence electrons. The number of carbonyl (C=O) groups excluding carboxylic acids is 1. The van der Waals surface area contributed by atoms with E-state index in [1.54, 1.807) is 41.3 Å². The minimum atomic E-state index is -3.68. The van der Waals surface area contributed by atoms with Gasteiger partial charge in [-0.3, -0.25) is 4.79 Å². The third kappa shape index (κ3) is 3.92. The van der Waals surface area contributed by atoms with Gasteiger partial charge in [-0.1, -0.05) is 49.7 Å². The van der Waals surface area contributed by atoms with Gasteiger partial charge >= 0.3 is 0 Å². The van der Waals surface area contributed by atoms with Crippen LogP contribution in [-0.4, -0.2) is 42.8 Å². The SMILES string of the molecule is Cc1ccc(S(=O)(=O)N2CCCN(C(=O)c3ccccc3)C2C(C)C)cc1. The van der Waals surface area contributed by atoms with E-state index >= 15 is 0 Å². The number of amides is 1. The van der Waals surface area contributed by atoms with Gasteiger partial charge in [0.05, 0.1) is 4.90 Å². The van der Waals surface area contributed by atoms with Gasteiger partial charge in [0, 0.05) is 18.7 Å². The average Bonchev–Trinajstić information content (AvgIpc) is 2.67. The normalized spacial score (nSPS) is 18.7. The van der Waals surface area contributed by atoms with Gasteiger partial charge in [0.15, 0.2) is 0 Å². The molecule has 0 aliphatic carbocycles. The molecule has 1 unspecified atom stereocenters. The van der Waals surface area contributed by atoms with Crippen LogP contribution in [0.25, 0.3) is 0 Å². The van der Waals surface area contributed by atoms with E-state index in [0.717, 1.165) is 5.56 Å². The highest BCUT2D eigenvalue weighted by Gasteiger charge is 2.41. The topological polar surface area (TPSA) is 57.7 Å². The summed E-state index contributed by atoms with van der Waals surface area (Å²) in [5, 5.41) is 0. The highest BCUT2D eigenvalue weighted by Crippen LogP contribution is 2.29. The van der Waals surface area contributed by atoms with E-state index in [-0.39, 0.29) is 16.7 Å². The van der Waals surface area contributed by atoms with Crippen molar-refractivity contribution in [3.05, 3.63) is 65.7 Å². The zero-order valence-corrected chi connectivity index (χ0v) is 16.8. The number of sulfonamides is 1. The van der Waals surface area contributed by atoms with Crippen LogP contribution in [0.5, 0.6) is 0 Å². The predicted octanol–water partition coefficient (Wildman–Crippen LogP) is 3.51. The van der Waals surface area contributed by atoms with E-state index in [1.165, 1.54) is 4.31 Å². The molecule has 27 heavy (non-hydrogen) atoms. The van der Waals surface area contributed by atoms with E-state index in [0.29, 0.717) is 25.1 Å². The Kier molecular flexibility index (Phi) is 5.67. The largest absolute Gasteiger partial charge is 0.322 e. The summed E-state index contributed by atoms with van der Waals surface area (Å²) in [7, 11) is -3.68. The number of hydrogen-bond acceptors (Lipinski definition) is 3. The molecule has 1 heterocycles. The van der Waals surface area contributed by atoms with E-state index < -0.39 is 16.2 Å². The first-order valence-electron chi connectivity index (χ1n) is 9.27. The van der Waals surface area contributed by atoms with Gasteiger partial charge in [-0.2, -0.15) is 4.31 Å². The minimum absolute atomic E-state index is 0.0295. The summed E-state index contributed by atoms with van der Waals surface area (Å²) in [5.74, 6) is -0.156. The Hall–Kier alpha value is -2.18. The fourth-order valence-corrected chi connectivity index (χ4v) is 5.35. The lowest BCUT2D eigenvalue weighted by atomic mass is 10.1. The van der Waals surface area contributed by atoms with Crippen molar-refractivity contribution < 1.29 is 13.2 Å². The van der Waals surface area contributed by atoms with Gasteiger partial charge < -0.3 is 4.90 Å². The Balaban J connectivity index is 1.98. The average molecular weight is 387 g/mol. The summed E-state index contributed by atoms with van der Waals surface area (Å²) in [6, 6.07) is 15.9. The predicted molar refractivity (Wildman–Crippen MR) is 106 cm³/mol. The lowest BCUT2D eigenvalue weighted by Crippen LogP contribution is -2.59. The van der Waals surface area contributed by atoms with Crippen LogP contribution in [0.3, 0.4) is 0 Å². The van der Waals surface area contributed by atoms with Crippen LogP contribution < -0.4 is 0 Å².